The maximum Gasteiger partial charge on any atom is 0.304 e. The Morgan fingerprint density at radius 1 is 1.14 bits per heavy atom. The molecule has 2 aliphatic rings. The molecule has 1 aliphatic heterocycles. The van der Waals surface area contributed by atoms with Crippen LogP contribution in [0.1, 0.15) is 69.0 Å². The van der Waals surface area contributed by atoms with Crippen LogP contribution in [0.4, 0.5) is 4.39 Å². The Kier molecular flexibility index (Phi) is 7.94. The van der Waals surface area contributed by atoms with E-state index < -0.39 is 62.6 Å². The molecule has 1 saturated carbocycles. The van der Waals surface area contributed by atoms with Crippen LogP contribution in [0.5, 0.6) is 0 Å². The molecule has 1 saturated heterocycles. The topological polar surface area (TPSA) is 91.8 Å². The summed E-state index contributed by atoms with van der Waals surface area (Å²) >= 11 is 12.4. The summed E-state index contributed by atoms with van der Waals surface area (Å²) in [7, 11) is -3.45. The first-order valence-electron chi connectivity index (χ1n) is 12.3. The molecule has 0 aromatic heterocycles. The van der Waals surface area contributed by atoms with Crippen molar-refractivity contribution in [3.05, 3.63) is 69.5 Å². The zero-order valence-corrected chi connectivity index (χ0v) is 23.0. The molecule has 10 heteroatoms. The van der Waals surface area contributed by atoms with Crippen molar-refractivity contribution >= 4 is 44.9 Å². The maximum absolute atomic E-state index is 14.5. The number of carbonyl (C=O) groups excluding carboxylic acids is 1. The van der Waals surface area contributed by atoms with Crippen LogP contribution in [0.3, 0.4) is 0 Å². The van der Waals surface area contributed by atoms with Crippen molar-refractivity contribution in [3.63, 3.8) is 0 Å². The van der Waals surface area contributed by atoms with Crippen molar-refractivity contribution in [2.75, 3.05) is 5.75 Å². The Balaban J connectivity index is 1.91. The minimum Gasteiger partial charge on any atom is -0.481 e. The number of nitrogens with zero attached hydrogens (tertiary/aromatic N) is 1. The molecule has 1 unspecified atom stereocenters. The second-order valence-electron chi connectivity index (χ2n) is 10.4. The van der Waals surface area contributed by atoms with Crippen molar-refractivity contribution in [2.24, 2.45) is 5.41 Å². The van der Waals surface area contributed by atoms with Gasteiger partial charge >= 0.3 is 5.97 Å². The number of carboxylic acid groups (broad SMARTS) is 1. The van der Waals surface area contributed by atoms with Gasteiger partial charge in [0.05, 0.1) is 28.9 Å². The number of carbonyl (C=O) groups is 2. The SMILES string of the molecule is CCC(CS(=O)(=O)C1CC1)N1C(=O)[C@@](C)(CC(=O)O)C[C@H](c2cc(F)cc(Cl)c2)[C@H]1c1ccc(Cl)cc1. The van der Waals surface area contributed by atoms with E-state index in [0.29, 0.717) is 35.4 Å². The van der Waals surface area contributed by atoms with Gasteiger partial charge in [0.1, 0.15) is 5.82 Å². The monoisotopic (exact) mass is 569 g/mol. The normalized spacial score (nSPS) is 25.2. The number of benzene rings is 2. The maximum atomic E-state index is 14.5. The summed E-state index contributed by atoms with van der Waals surface area (Å²) in [4.78, 5) is 27.6. The predicted octanol–water partition coefficient (Wildman–Crippen LogP) is 6.03. The molecule has 37 heavy (non-hydrogen) atoms. The van der Waals surface area contributed by atoms with E-state index >= 15 is 0 Å². The zero-order valence-electron chi connectivity index (χ0n) is 20.7. The largest absolute Gasteiger partial charge is 0.481 e. The summed E-state index contributed by atoms with van der Waals surface area (Å²) in [6, 6.07) is 9.67. The molecule has 200 valence electrons. The van der Waals surface area contributed by atoms with Crippen molar-refractivity contribution in [2.45, 2.75) is 69.2 Å². The summed E-state index contributed by atoms with van der Waals surface area (Å²) in [6.45, 7) is 3.40. The molecule has 0 radical (unpaired) electrons. The number of likely N-dealkylation sites (tertiary alicyclic amines) is 1. The number of aliphatic carboxylic acids is 1. The van der Waals surface area contributed by atoms with E-state index in [0.717, 1.165) is 0 Å². The summed E-state index contributed by atoms with van der Waals surface area (Å²) in [5, 5.41) is 9.96. The van der Waals surface area contributed by atoms with Gasteiger partial charge in [-0.05, 0) is 67.1 Å². The molecule has 0 bridgehead atoms. The second kappa shape index (κ2) is 10.5. The average molecular weight is 571 g/mol. The lowest BCUT2D eigenvalue weighted by molar-refractivity contribution is -0.160. The Morgan fingerprint density at radius 3 is 2.32 bits per heavy atom. The van der Waals surface area contributed by atoms with E-state index in [4.69, 9.17) is 23.2 Å². The summed E-state index contributed by atoms with van der Waals surface area (Å²) < 4.78 is 40.7. The quantitative estimate of drug-likeness (QED) is 0.398. The lowest BCUT2D eigenvalue weighted by atomic mass is 9.67. The van der Waals surface area contributed by atoms with Crippen LogP contribution >= 0.6 is 23.2 Å². The summed E-state index contributed by atoms with van der Waals surface area (Å²) in [5.41, 5.74) is -0.128. The van der Waals surface area contributed by atoms with Crippen molar-refractivity contribution in [1.29, 1.82) is 0 Å². The molecule has 2 aromatic carbocycles. The lowest BCUT2D eigenvalue weighted by Crippen LogP contribution is -2.57. The van der Waals surface area contributed by atoms with Gasteiger partial charge in [-0.2, -0.15) is 0 Å². The smallest absolute Gasteiger partial charge is 0.304 e. The van der Waals surface area contributed by atoms with Crippen molar-refractivity contribution in [3.8, 4) is 0 Å². The van der Waals surface area contributed by atoms with Crippen LogP contribution in [0, 0.1) is 11.2 Å². The molecule has 2 aromatic rings. The minimum atomic E-state index is -3.45. The van der Waals surface area contributed by atoms with Crippen LogP contribution in [-0.2, 0) is 19.4 Å². The fraction of sp³-hybridized carbons (Fsp3) is 0.481. The van der Waals surface area contributed by atoms with Gasteiger partial charge in [0.25, 0.3) is 0 Å². The summed E-state index contributed by atoms with van der Waals surface area (Å²) in [6.07, 6.45) is 1.24. The molecule has 2 fully saturated rings. The standard InChI is InChI=1S/C27H30Cl2FNO5S/c1-3-21(15-37(35,36)22-8-9-22)31-25(16-4-6-18(28)7-5-16)23(17-10-19(29)12-20(30)11-17)13-27(2,26(31)34)14-24(32)33/h4-7,10-12,21-23,25H,3,8-9,13-15H2,1-2H3,(H,32,33)/t21?,23-,25-,27-/m1/s1. The molecule has 1 heterocycles. The Bertz CT molecular complexity index is 1280. The van der Waals surface area contributed by atoms with Crippen LogP contribution in [0.2, 0.25) is 10.0 Å². The first-order valence-corrected chi connectivity index (χ1v) is 14.8. The van der Waals surface area contributed by atoms with Crippen molar-refractivity contribution in [1.82, 2.24) is 4.90 Å². The molecule has 1 amide bonds. The number of rotatable bonds is 9. The van der Waals surface area contributed by atoms with Gasteiger partial charge in [-0.15, -0.1) is 0 Å². The highest BCUT2D eigenvalue weighted by molar-refractivity contribution is 7.92. The Morgan fingerprint density at radius 2 is 1.78 bits per heavy atom. The number of carboxylic acids is 1. The number of amides is 1. The van der Waals surface area contributed by atoms with Gasteiger partial charge in [-0.3, -0.25) is 9.59 Å². The first-order chi connectivity index (χ1) is 17.3. The fourth-order valence-corrected chi connectivity index (χ4v) is 7.97. The number of sulfone groups is 1. The molecule has 0 spiro atoms. The molecular formula is C27H30Cl2FNO5S. The van der Waals surface area contributed by atoms with Crippen molar-refractivity contribution < 1.29 is 27.5 Å². The zero-order chi connectivity index (χ0) is 27.1. The third kappa shape index (κ3) is 5.96. The molecule has 4 rings (SSSR count). The third-order valence-corrected chi connectivity index (χ3v) is 10.3. The highest BCUT2D eigenvalue weighted by atomic mass is 35.5. The Hall–Kier alpha value is -2.16. The van der Waals surface area contributed by atoms with Gasteiger partial charge in [0.15, 0.2) is 9.84 Å². The van der Waals surface area contributed by atoms with Gasteiger partial charge in [-0.1, -0.05) is 49.2 Å². The van der Waals surface area contributed by atoms with E-state index in [1.54, 1.807) is 42.2 Å². The molecule has 1 N–H and O–H groups in total. The van der Waals surface area contributed by atoms with Crippen LogP contribution in [-0.4, -0.2) is 47.3 Å². The van der Waals surface area contributed by atoms with Gasteiger partial charge in [0.2, 0.25) is 5.91 Å². The number of hydrogen-bond acceptors (Lipinski definition) is 4. The predicted molar refractivity (Wildman–Crippen MR) is 141 cm³/mol. The highest BCUT2D eigenvalue weighted by Crippen LogP contribution is 2.52. The van der Waals surface area contributed by atoms with Gasteiger partial charge in [-0.25, -0.2) is 12.8 Å². The molecule has 4 atom stereocenters. The van der Waals surface area contributed by atoms with E-state index in [1.165, 1.54) is 12.1 Å². The second-order valence-corrected chi connectivity index (χ2v) is 13.6. The number of hydrogen-bond donors (Lipinski definition) is 1. The Labute approximate surface area is 226 Å². The van der Waals surface area contributed by atoms with Crippen LogP contribution in [0.25, 0.3) is 0 Å². The number of halogens is 3. The highest BCUT2D eigenvalue weighted by Gasteiger charge is 2.53. The number of piperidine rings is 1. The molecule has 1 aliphatic carbocycles. The van der Waals surface area contributed by atoms with Gasteiger partial charge in [0, 0.05) is 22.0 Å². The van der Waals surface area contributed by atoms with E-state index in [-0.39, 0.29) is 17.2 Å². The lowest BCUT2D eigenvalue weighted by Gasteiger charge is -2.51. The minimum absolute atomic E-state index is 0.119. The fourth-order valence-electron chi connectivity index (χ4n) is 5.56. The van der Waals surface area contributed by atoms with Crippen LogP contribution in [0.15, 0.2) is 42.5 Å². The molecular weight excluding hydrogens is 540 g/mol. The summed E-state index contributed by atoms with van der Waals surface area (Å²) in [5.74, 6) is -2.89. The van der Waals surface area contributed by atoms with Gasteiger partial charge < -0.3 is 10.0 Å². The van der Waals surface area contributed by atoms with E-state index in [1.807, 2.05) is 6.92 Å². The van der Waals surface area contributed by atoms with E-state index in [9.17, 15) is 27.5 Å². The third-order valence-electron chi connectivity index (χ3n) is 7.49. The van der Waals surface area contributed by atoms with E-state index in [2.05, 4.69) is 0 Å². The first kappa shape index (κ1) is 27.9. The average Bonchev–Trinajstić information content (AvgIpc) is 3.65. The van der Waals surface area contributed by atoms with Crippen LogP contribution < -0.4 is 0 Å². The molecule has 6 nitrogen and oxygen atoms in total.